The Hall–Kier alpha value is -0.900. The minimum atomic E-state index is -0.0235. The third kappa shape index (κ3) is 1.92. The fourth-order valence-corrected chi connectivity index (χ4v) is 5.46. The van der Waals surface area contributed by atoms with Gasteiger partial charge in [-0.1, -0.05) is 6.42 Å². The number of rotatable bonds is 2. The molecule has 3 fully saturated rings. The number of carbonyl (C=O) groups is 1. The molecule has 2 bridgehead atoms. The van der Waals surface area contributed by atoms with E-state index in [1.165, 1.54) is 32.1 Å². The maximum atomic E-state index is 12.4. The first-order valence-corrected chi connectivity index (χ1v) is 8.44. The summed E-state index contributed by atoms with van der Waals surface area (Å²) < 4.78 is 0.777. The average molecular weight is 335 g/mol. The van der Waals surface area contributed by atoms with E-state index in [9.17, 15) is 4.79 Å². The van der Waals surface area contributed by atoms with Gasteiger partial charge in [0.2, 0.25) is 0 Å². The summed E-state index contributed by atoms with van der Waals surface area (Å²) in [5.74, 6) is 3.41. The van der Waals surface area contributed by atoms with Crippen LogP contribution in [0.1, 0.15) is 42.6 Å². The largest absolute Gasteiger partial charge is 0.348 e. The molecule has 1 N–H and O–H groups in total. The number of hydrogen-bond acceptors (Lipinski definition) is 2. The Morgan fingerprint density at radius 2 is 2.10 bits per heavy atom. The van der Waals surface area contributed by atoms with Crippen molar-refractivity contribution in [2.24, 2.45) is 23.7 Å². The van der Waals surface area contributed by atoms with Crippen LogP contribution in [0, 0.1) is 23.7 Å². The smallest absolute Gasteiger partial charge is 0.271 e. The van der Waals surface area contributed by atoms with Crippen molar-refractivity contribution in [3.63, 3.8) is 0 Å². The van der Waals surface area contributed by atoms with Crippen LogP contribution in [0.4, 0.5) is 0 Å². The Balaban J connectivity index is 1.48. The first kappa shape index (κ1) is 12.8. The molecule has 1 amide bonds. The van der Waals surface area contributed by atoms with Gasteiger partial charge in [-0.05, 0) is 77.4 Å². The van der Waals surface area contributed by atoms with E-state index in [-0.39, 0.29) is 5.91 Å². The van der Waals surface area contributed by atoms with E-state index in [1.807, 2.05) is 12.1 Å². The number of fused-ring (bicyclic) bond motifs is 5. The van der Waals surface area contributed by atoms with Gasteiger partial charge in [-0.2, -0.15) is 0 Å². The lowest BCUT2D eigenvalue weighted by atomic mass is 9.79. The number of pyridine rings is 1. The summed E-state index contributed by atoms with van der Waals surface area (Å²) in [5, 5.41) is 3.25. The van der Waals surface area contributed by atoms with E-state index in [0.717, 1.165) is 28.1 Å². The predicted octanol–water partition coefficient (Wildman–Crippen LogP) is 3.40. The summed E-state index contributed by atoms with van der Waals surface area (Å²) in [6.45, 7) is 0. The molecule has 3 aliphatic carbocycles. The van der Waals surface area contributed by atoms with Gasteiger partial charge in [-0.15, -0.1) is 0 Å². The molecule has 5 atom stereocenters. The van der Waals surface area contributed by atoms with Gasteiger partial charge in [0.05, 0.1) is 0 Å². The van der Waals surface area contributed by atoms with Crippen molar-refractivity contribution < 1.29 is 4.79 Å². The second kappa shape index (κ2) is 4.83. The topological polar surface area (TPSA) is 42.0 Å². The Labute approximate surface area is 127 Å². The first-order valence-electron chi connectivity index (χ1n) is 7.65. The van der Waals surface area contributed by atoms with E-state index in [4.69, 9.17) is 0 Å². The Morgan fingerprint density at radius 3 is 2.95 bits per heavy atom. The Bertz CT molecular complexity index is 547. The lowest BCUT2D eigenvalue weighted by Gasteiger charge is -2.32. The van der Waals surface area contributed by atoms with E-state index >= 15 is 0 Å². The molecule has 1 heterocycles. The maximum Gasteiger partial charge on any atom is 0.271 e. The lowest BCUT2D eigenvalue weighted by Crippen LogP contribution is -2.42. The molecule has 0 aliphatic heterocycles. The van der Waals surface area contributed by atoms with Crippen LogP contribution in [-0.2, 0) is 0 Å². The number of carbonyl (C=O) groups excluding carboxylic acids is 1. The molecule has 5 unspecified atom stereocenters. The van der Waals surface area contributed by atoms with Crippen molar-refractivity contribution in [3.05, 3.63) is 28.5 Å². The van der Waals surface area contributed by atoms with Gasteiger partial charge in [-0.3, -0.25) is 4.79 Å². The lowest BCUT2D eigenvalue weighted by molar-refractivity contribution is 0.0895. The fourth-order valence-electron chi connectivity index (χ4n) is 5.02. The second-order valence-corrected chi connectivity index (χ2v) is 7.42. The predicted molar refractivity (Wildman–Crippen MR) is 80.2 cm³/mol. The normalized spacial score (nSPS) is 38.0. The van der Waals surface area contributed by atoms with Crippen LogP contribution in [0.15, 0.2) is 22.8 Å². The molecule has 1 aromatic heterocycles. The summed E-state index contributed by atoms with van der Waals surface area (Å²) in [5.41, 5.74) is 0.512. The van der Waals surface area contributed by atoms with Crippen LogP contribution in [0.25, 0.3) is 0 Å². The van der Waals surface area contributed by atoms with Crippen molar-refractivity contribution >= 4 is 21.8 Å². The molecule has 3 nitrogen and oxygen atoms in total. The maximum absolute atomic E-state index is 12.4. The van der Waals surface area contributed by atoms with Gasteiger partial charge in [0.1, 0.15) is 5.69 Å². The highest BCUT2D eigenvalue weighted by atomic mass is 79.9. The summed E-state index contributed by atoms with van der Waals surface area (Å²) in [4.78, 5) is 16.6. The van der Waals surface area contributed by atoms with Crippen molar-refractivity contribution in [2.75, 3.05) is 0 Å². The summed E-state index contributed by atoms with van der Waals surface area (Å²) in [6.07, 6.45) is 8.40. The average Bonchev–Trinajstić information content (AvgIpc) is 3.10. The van der Waals surface area contributed by atoms with Gasteiger partial charge in [0.15, 0.2) is 0 Å². The molecule has 0 saturated heterocycles. The number of aromatic nitrogens is 1. The van der Waals surface area contributed by atoms with Crippen molar-refractivity contribution in [1.29, 1.82) is 0 Å². The van der Waals surface area contributed by atoms with Crippen molar-refractivity contribution in [1.82, 2.24) is 10.3 Å². The fraction of sp³-hybridized carbons (Fsp3) is 0.625. The molecule has 20 heavy (non-hydrogen) atoms. The molecule has 0 aromatic carbocycles. The molecule has 1 aromatic rings. The minimum absolute atomic E-state index is 0.0235. The number of nitrogens with one attached hydrogen (secondary N) is 1. The monoisotopic (exact) mass is 334 g/mol. The van der Waals surface area contributed by atoms with Crippen molar-refractivity contribution in [3.8, 4) is 0 Å². The number of hydrogen-bond donors (Lipinski definition) is 1. The van der Waals surface area contributed by atoms with Crippen LogP contribution in [0.2, 0.25) is 0 Å². The number of nitrogens with zero attached hydrogens (tertiary/aromatic N) is 1. The third-order valence-electron chi connectivity index (χ3n) is 5.72. The minimum Gasteiger partial charge on any atom is -0.348 e. The highest BCUT2D eigenvalue weighted by molar-refractivity contribution is 9.10. The van der Waals surface area contributed by atoms with Gasteiger partial charge in [0.25, 0.3) is 5.91 Å². The van der Waals surface area contributed by atoms with Crippen molar-refractivity contribution in [2.45, 2.75) is 38.1 Å². The number of amides is 1. The van der Waals surface area contributed by atoms with Crippen LogP contribution in [-0.4, -0.2) is 16.9 Å². The van der Waals surface area contributed by atoms with Crippen LogP contribution in [0.5, 0.6) is 0 Å². The van der Waals surface area contributed by atoms with E-state index in [1.54, 1.807) is 6.20 Å². The molecule has 106 valence electrons. The molecular formula is C16H19BrN2O. The molecule has 4 heteroatoms. The zero-order chi connectivity index (χ0) is 13.7. The first-order chi connectivity index (χ1) is 9.74. The molecule has 0 radical (unpaired) electrons. The molecule has 3 aliphatic rings. The van der Waals surface area contributed by atoms with Crippen LogP contribution >= 0.6 is 15.9 Å². The third-order valence-corrected chi connectivity index (χ3v) is 6.36. The number of halogens is 1. The van der Waals surface area contributed by atoms with E-state index in [2.05, 4.69) is 26.2 Å². The van der Waals surface area contributed by atoms with E-state index in [0.29, 0.717) is 11.7 Å². The molecule has 3 saturated carbocycles. The zero-order valence-corrected chi connectivity index (χ0v) is 13.0. The van der Waals surface area contributed by atoms with Gasteiger partial charge in [0, 0.05) is 16.7 Å². The van der Waals surface area contributed by atoms with Gasteiger partial charge >= 0.3 is 0 Å². The molecule has 4 rings (SSSR count). The van der Waals surface area contributed by atoms with E-state index < -0.39 is 0 Å². The standard InChI is InChI=1S/C16H19BrN2O/c17-13-5-2-6-18-15(13)16(20)19-14-8-9-7-12(14)11-4-1-3-10(9)11/h2,5-6,9-12,14H,1,3-4,7-8H2,(H,19,20). The zero-order valence-electron chi connectivity index (χ0n) is 11.4. The summed E-state index contributed by atoms with van der Waals surface area (Å²) in [7, 11) is 0. The molecule has 0 spiro atoms. The Kier molecular flexibility index (Phi) is 3.09. The molecular weight excluding hydrogens is 316 g/mol. The second-order valence-electron chi connectivity index (χ2n) is 6.57. The summed E-state index contributed by atoms with van der Waals surface area (Å²) in [6, 6.07) is 4.08. The van der Waals surface area contributed by atoms with Crippen LogP contribution in [0.3, 0.4) is 0 Å². The van der Waals surface area contributed by atoms with Gasteiger partial charge < -0.3 is 5.32 Å². The SMILES string of the molecule is O=C(NC1CC2CC1C1CCCC21)c1ncccc1Br. The summed E-state index contributed by atoms with van der Waals surface area (Å²) >= 11 is 3.41. The van der Waals surface area contributed by atoms with Crippen LogP contribution < -0.4 is 5.32 Å². The quantitative estimate of drug-likeness (QED) is 0.900. The van der Waals surface area contributed by atoms with Gasteiger partial charge in [-0.25, -0.2) is 4.98 Å². The highest BCUT2D eigenvalue weighted by Gasteiger charge is 2.54. The Morgan fingerprint density at radius 1 is 1.25 bits per heavy atom. The highest BCUT2D eigenvalue weighted by Crippen LogP contribution is 2.58.